The number of aromatic nitrogens is 2. The molecule has 1 aliphatic rings. The minimum absolute atomic E-state index is 0.130. The zero-order valence-corrected chi connectivity index (χ0v) is 19.3. The van der Waals surface area contributed by atoms with Crippen molar-refractivity contribution in [1.29, 1.82) is 0 Å². The summed E-state index contributed by atoms with van der Waals surface area (Å²) in [6, 6.07) is 28.2. The van der Waals surface area contributed by atoms with Gasteiger partial charge in [-0.05, 0) is 36.2 Å². The fourth-order valence-electron chi connectivity index (χ4n) is 4.53. The summed E-state index contributed by atoms with van der Waals surface area (Å²) in [5.41, 5.74) is 3.16. The molecule has 0 spiro atoms. The summed E-state index contributed by atoms with van der Waals surface area (Å²) in [5, 5.41) is 0. The second-order valence-corrected chi connectivity index (χ2v) is 8.70. The van der Waals surface area contributed by atoms with Crippen LogP contribution in [0.1, 0.15) is 17.8 Å². The monoisotopic (exact) mass is 454 g/mol. The van der Waals surface area contributed by atoms with Gasteiger partial charge in [0.2, 0.25) is 5.91 Å². The topological polar surface area (TPSA) is 50.6 Å². The first-order valence-electron chi connectivity index (χ1n) is 11.9. The van der Waals surface area contributed by atoms with Crippen LogP contribution in [0.2, 0.25) is 0 Å². The Morgan fingerprint density at radius 3 is 2.38 bits per heavy atom. The summed E-state index contributed by atoms with van der Waals surface area (Å²) in [4.78, 5) is 22.6. The highest BCUT2D eigenvalue weighted by Crippen LogP contribution is 2.19. The predicted octanol–water partition coefficient (Wildman–Crippen LogP) is 4.35. The molecular formula is C28H30N4O2. The lowest BCUT2D eigenvalue weighted by atomic mass is 10.2. The summed E-state index contributed by atoms with van der Waals surface area (Å²) >= 11 is 0. The van der Waals surface area contributed by atoms with Gasteiger partial charge in [-0.15, -0.1) is 0 Å². The minimum atomic E-state index is 0.130. The van der Waals surface area contributed by atoms with E-state index in [0.29, 0.717) is 6.61 Å². The van der Waals surface area contributed by atoms with Gasteiger partial charge in [0.05, 0.1) is 11.0 Å². The molecule has 1 aromatic heterocycles. The van der Waals surface area contributed by atoms with Gasteiger partial charge in [0.15, 0.2) is 0 Å². The summed E-state index contributed by atoms with van der Waals surface area (Å²) in [5.74, 6) is 1.68. The smallest absolute Gasteiger partial charge is 0.242 e. The second kappa shape index (κ2) is 10.5. The van der Waals surface area contributed by atoms with Gasteiger partial charge in [0, 0.05) is 32.7 Å². The number of benzene rings is 3. The van der Waals surface area contributed by atoms with Gasteiger partial charge in [-0.3, -0.25) is 9.69 Å². The van der Waals surface area contributed by atoms with Crippen molar-refractivity contribution in [2.45, 2.75) is 26.1 Å². The van der Waals surface area contributed by atoms with E-state index in [0.717, 1.165) is 61.8 Å². The van der Waals surface area contributed by atoms with Gasteiger partial charge >= 0.3 is 0 Å². The number of carbonyl (C=O) groups is 1. The number of para-hydroxylation sites is 3. The van der Waals surface area contributed by atoms with Crippen LogP contribution in [0.4, 0.5) is 0 Å². The average Bonchev–Trinajstić information content (AvgIpc) is 3.05. The zero-order chi connectivity index (χ0) is 23.2. The van der Waals surface area contributed by atoms with E-state index < -0.39 is 0 Å². The highest BCUT2D eigenvalue weighted by Gasteiger charge is 2.21. The van der Waals surface area contributed by atoms with E-state index in [9.17, 15) is 4.79 Å². The molecular weight excluding hydrogens is 424 g/mol. The number of hydrogen-bond acceptors (Lipinski definition) is 4. The Kier molecular flexibility index (Phi) is 6.86. The molecule has 0 bridgehead atoms. The molecule has 6 heteroatoms. The molecule has 1 aliphatic heterocycles. The maximum atomic E-state index is 13.4. The molecule has 0 atom stereocenters. The van der Waals surface area contributed by atoms with Gasteiger partial charge in [0.1, 0.15) is 24.7 Å². The molecule has 0 radical (unpaired) electrons. The van der Waals surface area contributed by atoms with Crippen LogP contribution in [0.15, 0.2) is 84.9 Å². The highest BCUT2D eigenvalue weighted by molar-refractivity contribution is 5.81. The molecule has 174 valence electrons. The highest BCUT2D eigenvalue weighted by atomic mass is 16.5. The molecule has 0 N–H and O–H groups in total. The van der Waals surface area contributed by atoms with Gasteiger partial charge in [-0.1, -0.05) is 60.7 Å². The third kappa shape index (κ3) is 5.29. The standard InChI is InChI=1S/C28H30N4O2/c33-28(31-17-9-16-30(18-19-31)20-23-10-3-1-4-11-23)21-32-26-15-8-7-14-25(26)29-27(32)22-34-24-12-5-2-6-13-24/h1-8,10-15H,9,16-22H2. The van der Waals surface area contributed by atoms with E-state index in [1.165, 1.54) is 5.56 Å². The first kappa shape index (κ1) is 22.2. The van der Waals surface area contributed by atoms with Crippen LogP contribution >= 0.6 is 0 Å². The number of amides is 1. The van der Waals surface area contributed by atoms with Crippen molar-refractivity contribution < 1.29 is 9.53 Å². The van der Waals surface area contributed by atoms with Gasteiger partial charge < -0.3 is 14.2 Å². The quantitative estimate of drug-likeness (QED) is 0.417. The van der Waals surface area contributed by atoms with Crippen LogP contribution in [0.5, 0.6) is 5.75 Å². The summed E-state index contributed by atoms with van der Waals surface area (Å²) in [7, 11) is 0. The molecule has 3 aromatic carbocycles. The lowest BCUT2D eigenvalue weighted by Gasteiger charge is -2.23. The molecule has 34 heavy (non-hydrogen) atoms. The molecule has 1 fully saturated rings. The van der Waals surface area contributed by atoms with E-state index in [1.807, 2.05) is 70.1 Å². The summed E-state index contributed by atoms with van der Waals surface area (Å²) < 4.78 is 7.97. The van der Waals surface area contributed by atoms with Crippen molar-refractivity contribution >= 4 is 16.9 Å². The lowest BCUT2D eigenvalue weighted by molar-refractivity contribution is -0.131. The van der Waals surface area contributed by atoms with Gasteiger partial charge in [-0.25, -0.2) is 4.98 Å². The van der Waals surface area contributed by atoms with Crippen LogP contribution in [0.25, 0.3) is 11.0 Å². The van der Waals surface area contributed by atoms with E-state index >= 15 is 0 Å². The second-order valence-electron chi connectivity index (χ2n) is 8.70. The maximum Gasteiger partial charge on any atom is 0.242 e. The zero-order valence-electron chi connectivity index (χ0n) is 19.3. The fraction of sp³-hybridized carbons (Fsp3) is 0.286. The molecule has 0 aliphatic carbocycles. The molecule has 6 nitrogen and oxygen atoms in total. The molecule has 4 aromatic rings. The Hall–Kier alpha value is -3.64. The number of fused-ring (bicyclic) bond motifs is 1. The SMILES string of the molecule is O=C(Cn1c(COc2ccccc2)nc2ccccc21)N1CCCN(Cc2ccccc2)CC1. The average molecular weight is 455 g/mol. The Bertz CT molecular complexity index is 1220. The fourth-order valence-corrected chi connectivity index (χ4v) is 4.53. The molecule has 5 rings (SSSR count). The van der Waals surface area contributed by atoms with Crippen molar-refractivity contribution in [3.05, 3.63) is 96.3 Å². The van der Waals surface area contributed by atoms with Crippen LogP contribution < -0.4 is 4.74 Å². The molecule has 2 heterocycles. The number of imidazole rings is 1. The maximum absolute atomic E-state index is 13.4. The van der Waals surface area contributed by atoms with E-state index in [1.54, 1.807) is 0 Å². The van der Waals surface area contributed by atoms with Crippen molar-refractivity contribution in [3.8, 4) is 5.75 Å². The van der Waals surface area contributed by atoms with E-state index in [-0.39, 0.29) is 12.5 Å². The van der Waals surface area contributed by atoms with Gasteiger partial charge in [-0.2, -0.15) is 0 Å². The number of nitrogens with zero attached hydrogens (tertiary/aromatic N) is 4. The number of hydrogen-bond donors (Lipinski definition) is 0. The van der Waals surface area contributed by atoms with Gasteiger partial charge in [0.25, 0.3) is 0 Å². The number of rotatable bonds is 7. The summed E-state index contributed by atoms with van der Waals surface area (Å²) in [6.07, 6.45) is 0.979. The summed E-state index contributed by atoms with van der Waals surface area (Å²) in [6.45, 7) is 4.93. The third-order valence-electron chi connectivity index (χ3n) is 6.33. The predicted molar refractivity (Wildman–Crippen MR) is 133 cm³/mol. The number of ether oxygens (including phenoxy) is 1. The number of carbonyl (C=O) groups excluding carboxylic acids is 1. The lowest BCUT2D eigenvalue weighted by Crippen LogP contribution is -2.37. The van der Waals surface area contributed by atoms with Crippen LogP contribution in [0, 0.1) is 0 Å². The third-order valence-corrected chi connectivity index (χ3v) is 6.33. The Morgan fingerprint density at radius 1 is 0.824 bits per heavy atom. The molecule has 0 unspecified atom stereocenters. The molecule has 1 amide bonds. The minimum Gasteiger partial charge on any atom is -0.486 e. The van der Waals surface area contributed by atoms with E-state index in [4.69, 9.17) is 9.72 Å². The van der Waals surface area contributed by atoms with Crippen LogP contribution in [-0.2, 0) is 24.5 Å². The Balaban J connectivity index is 1.27. The normalized spacial score (nSPS) is 14.8. The molecule has 0 saturated carbocycles. The molecule has 1 saturated heterocycles. The van der Waals surface area contributed by atoms with E-state index in [2.05, 4.69) is 29.2 Å². The first-order chi connectivity index (χ1) is 16.8. The Labute approximate surface area is 200 Å². The van der Waals surface area contributed by atoms with Crippen LogP contribution in [0.3, 0.4) is 0 Å². The van der Waals surface area contributed by atoms with Crippen molar-refractivity contribution in [2.24, 2.45) is 0 Å². The Morgan fingerprint density at radius 2 is 1.56 bits per heavy atom. The van der Waals surface area contributed by atoms with Crippen molar-refractivity contribution in [3.63, 3.8) is 0 Å². The largest absolute Gasteiger partial charge is 0.486 e. The van der Waals surface area contributed by atoms with Crippen molar-refractivity contribution in [1.82, 2.24) is 19.4 Å². The van der Waals surface area contributed by atoms with Crippen LogP contribution in [-0.4, -0.2) is 51.4 Å². The first-order valence-corrected chi connectivity index (χ1v) is 11.9. The van der Waals surface area contributed by atoms with Crippen molar-refractivity contribution in [2.75, 3.05) is 26.2 Å².